The lowest BCUT2D eigenvalue weighted by Crippen LogP contribution is -2.33. The molecule has 7 heteroatoms. The average molecular weight is 255 g/mol. The molecular formula is C11H13NO6. The van der Waals surface area contributed by atoms with Crippen LogP contribution in [0.2, 0.25) is 0 Å². The third-order valence-electron chi connectivity index (χ3n) is 2.16. The number of aliphatic carboxylic acids is 2. The summed E-state index contributed by atoms with van der Waals surface area (Å²) in [6.07, 6.45) is 0. The van der Waals surface area contributed by atoms with Gasteiger partial charge in [-0.3, -0.25) is 14.5 Å². The van der Waals surface area contributed by atoms with Gasteiger partial charge in [-0.2, -0.15) is 0 Å². The average Bonchev–Trinajstić information content (AvgIpc) is 2.21. The third kappa shape index (κ3) is 4.30. The maximum absolute atomic E-state index is 10.6. The Balaban J connectivity index is 2.77. The van der Waals surface area contributed by atoms with Gasteiger partial charge in [0.25, 0.3) is 0 Å². The Morgan fingerprint density at radius 3 is 2.00 bits per heavy atom. The molecule has 0 saturated heterocycles. The van der Waals surface area contributed by atoms with Gasteiger partial charge in [0.15, 0.2) is 11.5 Å². The van der Waals surface area contributed by atoms with Crippen molar-refractivity contribution >= 4 is 11.9 Å². The van der Waals surface area contributed by atoms with E-state index in [4.69, 9.17) is 15.3 Å². The fourth-order valence-corrected chi connectivity index (χ4v) is 1.48. The zero-order valence-electron chi connectivity index (χ0n) is 9.41. The van der Waals surface area contributed by atoms with Crippen molar-refractivity contribution in [3.8, 4) is 11.5 Å². The molecule has 7 nitrogen and oxygen atoms in total. The van der Waals surface area contributed by atoms with Crippen molar-refractivity contribution in [3.05, 3.63) is 23.8 Å². The van der Waals surface area contributed by atoms with Crippen molar-refractivity contribution in [3.63, 3.8) is 0 Å². The fraction of sp³-hybridized carbons (Fsp3) is 0.273. The van der Waals surface area contributed by atoms with E-state index in [0.29, 0.717) is 5.56 Å². The molecule has 0 aromatic heterocycles. The van der Waals surface area contributed by atoms with Gasteiger partial charge in [0.2, 0.25) is 0 Å². The van der Waals surface area contributed by atoms with E-state index < -0.39 is 25.0 Å². The number of carbonyl (C=O) groups is 2. The lowest BCUT2D eigenvalue weighted by molar-refractivity contribution is -0.142. The van der Waals surface area contributed by atoms with E-state index >= 15 is 0 Å². The van der Waals surface area contributed by atoms with Gasteiger partial charge in [-0.1, -0.05) is 6.07 Å². The normalized spacial score (nSPS) is 10.5. The molecule has 4 N–H and O–H groups in total. The first-order valence-corrected chi connectivity index (χ1v) is 5.05. The first-order valence-electron chi connectivity index (χ1n) is 5.05. The highest BCUT2D eigenvalue weighted by Gasteiger charge is 2.14. The minimum absolute atomic E-state index is 0.0481. The molecule has 18 heavy (non-hydrogen) atoms. The number of carboxylic acid groups (broad SMARTS) is 2. The summed E-state index contributed by atoms with van der Waals surface area (Å²) in [7, 11) is 0. The van der Waals surface area contributed by atoms with Gasteiger partial charge in [-0.05, 0) is 17.7 Å². The Labute approximate surface area is 103 Å². The van der Waals surface area contributed by atoms with E-state index in [1.165, 1.54) is 23.1 Å². The summed E-state index contributed by atoms with van der Waals surface area (Å²) < 4.78 is 0. The minimum atomic E-state index is -1.14. The highest BCUT2D eigenvalue weighted by Crippen LogP contribution is 2.25. The lowest BCUT2D eigenvalue weighted by atomic mass is 10.2. The Hall–Kier alpha value is -2.28. The molecule has 0 aliphatic rings. The van der Waals surface area contributed by atoms with E-state index in [2.05, 4.69) is 0 Å². The van der Waals surface area contributed by atoms with Crippen molar-refractivity contribution in [2.45, 2.75) is 6.54 Å². The van der Waals surface area contributed by atoms with E-state index in [-0.39, 0.29) is 18.0 Å². The number of carboxylic acids is 2. The maximum atomic E-state index is 10.6. The van der Waals surface area contributed by atoms with Crippen molar-refractivity contribution in [1.29, 1.82) is 0 Å². The zero-order chi connectivity index (χ0) is 13.7. The predicted octanol–water partition coefficient (Wildman–Crippen LogP) is 0.0690. The van der Waals surface area contributed by atoms with Gasteiger partial charge in [-0.25, -0.2) is 0 Å². The van der Waals surface area contributed by atoms with E-state index in [9.17, 15) is 14.7 Å². The SMILES string of the molecule is O=C(O)CN(CC(=O)O)Cc1ccc(O)c(O)c1. The van der Waals surface area contributed by atoms with Crippen LogP contribution in [0.4, 0.5) is 0 Å². The molecule has 1 aromatic carbocycles. The summed E-state index contributed by atoms with van der Waals surface area (Å²) in [6.45, 7) is -0.797. The summed E-state index contributed by atoms with van der Waals surface area (Å²) in [5.74, 6) is -2.90. The number of nitrogens with zero attached hydrogens (tertiary/aromatic N) is 1. The molecule has 98 valence electrons. The van der Waals surface area contributed by atoms with Crippen LogP contribution >= 0.6 is 0 Å². The summed E-state index contributed by atoms with van der Waals surface area (Å²) in [5, 5.41) is 35.7. The molecule has 0 saturated carbocycles. The molecule has 0 atom stereocenters. The second-order valence-corrected chi connectivity index (χ2v) is 3.76. The quantitative estimate of drug-likeness (QED) is 0.531. The summed E-state index contributed by atoms with van der Waals surface area (Å²) >= 11 is 0. The number of aromatic hydroxyl groups is 2. The van der Waals surface area contributed by atoms with E-state index in [1.807, 2.05) is 0 Å². The molecule has 1 rings (SSSR count). The molecular weight excluding hydrogens is 242 g/mol. The highest BCUT2D eigenvalue weighted by atomic mass is 16.4. The molecule has 0 unspecified atom stereocenters. The second-order valence-electron chi connectivity index (χ2n) is 3.76. The first kappa shape index (κ1) is 13.8. The molecule has 0 bridgehead atoms. The van der Waals surface area contributed by atoms with Crippen LogP contribution < -0.4 is 0 Å². The largest absolute Gasteiger partial charge is 0.504 e. The van der Waals surface area contributed by atoms with Gasteiger partial charge in [0.05, 0.1) is 13.1 Å². The predicted molar refractivity (Wildman–Crippen MR) is 60.3 cm³/mol. The molecule has 0 fully saturated rings. The van der Waals surface area contributed by atoms with Gasteiger partial charge in [0.1, 0.15) is 0 Å². The minimum Gasteiger partial charge on any atom is -0.504 e. The van der Waals surface area contributed by atoms with Crippen LogP contribution in [0.25, 0.3) is 0 Å². The smallest absolute Gasteiger partial charge is 0.317 e. The monoisotopic (exact) mass is 255 g/mol. The Kier molecular flexibility index (Phi) is 4.50. The van der Waals surface area contributed by atoms with Gasteiger partial charge >= 0.3 is 11.9 Å². The van der Waals surface area contributed by atoms with Crippen molar-refractivity contribution < 1.29 is 30.0 Å². The highest BCUT2D eigenvalue weighted by molar-refractivity contribution is 5.72. The number of hydrogen-bond donors (Lipinski definition) is 4. The number of benzene rings is 1. The Bertz CT molecular complexity index is 443. The molecule has 0 aliphatic heterocycles. The van der Waals surface area contributed by atoms with Crippen molar-refractivity contribution in [1.82, 2.24) is 4.90 Å². The molecule has 0 heterocycles. The van der Waals surface area contributed by atoms with Crippen LogP contribution in [-0.2, 0) is 16.1 Å². The standard InChI is InChI=1S/C11H13NO6/c13-8-2-1-7(3-9(8)14)4-12(5-10(15)16)6-11(17)18/h1-3,13-14H,4-6H2,(H,15,16)(H,17,18). The molecule has 0 radical (unpaired) electrons. The number of hydrogen-bond acceptors (Lipinski definition) is 5. The molecule has 0 amide bonds. The Morgan fingerprint density at radius 2 is 1.56 bits per heavy atom. The zero-order valence-corrected chi connectivity index (χ0v) is 9.41. The van der Waals surface area contributed by atoms with E-state index in [1.54, 1.807) is 0 Å². The van der Waals surface area contributed by atoms with Crippen LogP contribution in [0.3, 0.4) is 0 Å². The van der Waals surface area contributed by atoms with Crippen LogP contribution in [0.1, 0.15) is 5.56 Å². The third-order valence-corrected chi connectivity index (χ3v) is 2.16. The number of phenols is 2. The van der Waals surface area contributed by atoms with Crippen molar-refractivity contribution in [2.24, 2.45) is 0 Å². The lowest BCUT2D eigenvalue weighted by Gasteiger charge is -2.18. The van der Waals surface area contributed by atoms with Crippen LogP contribution in [-0.4, -0.2) is 50.4 Å². The molecule has 0 spiro atoms. The molecule has 0 aliphatic carbocycles. The second kappa shape index (κ2) is 5.87. The summed E-state index contributed by atoms with van der Waals surface area (Å²) in [5.41, 5.74) is 0.507. The van der Waals surface area contributed by atoms with Crippen LogP contribution in [0.15, 0.2) is 18.2 Å². The molecule has 1 aromatic rings. The van der Waals surface area contributed by atoms with Crippen molar-refractivity contribution in [2.75, 3.05) is 13.1 Å². The summed E-state index contributed by atoms with van der Waals surface area (Å²) in [6, 6.07) is 3.99. The van der Waals surface area contributed by atoms with Crippen LogP contribution in [0.5, 0.6) is 11.5 Å². The van der Waals surface area contributed by atoms with Gasteiger partial charge in [-0.15, -0.1) is 0 Å². The van der Waals surface area contributed by atoms with Crippen LogP contribution in [0, 0.1) is 0 Å². The van der Waals surface area contributed by atoms with Gasteiger partial charge < -0.3 is 20.4 Å². The maximum Gasteiger partial charge on any atom is 0.317 e. The van der Waals surface area contributed by atoms with E-state index in [0.717, 1.165) is 0 Å². The number of phenolic OH excluding ortho intramolecular Hbond substituents is 2. The first-order chi connectivity index (χ1) is 8.38. The van der Waals surface area contributed by atoms with Gasteiger partial charge in [0, 0.05) is 6.54 Å². The topological polar surface area (TPSA) is 118 Å². The summed E-state index contributed by atoms with van der Waals surface area (Å²) in [4.78, 5) is 22.3. The Morgan fingerprint density at radius 1 is 1.00 bits per heavy atom. The fourth-order valence-electron chi connectivity index (χ4n) is 1.48. The number of rotatable bonds is 6.